The van der Waals surface area contributed by atoms with Crippen LogP contribution in [-0.4, -0.2) is 74.7 Å². The number of aryl methyl sites for hydroxylation is 1. The van der Waals surface area contributed by atoms with Gasteiger partial charge in [-0.2, -0.15) is 0 Å². The number of ether oxygens (including phenoxy) is 1. The zero-order valence-electron chi connectivity index (χ0n) is 13.6. The van der Waals surface area contributed by atoms with Gasteiger partial charge in [-0.3, -0.25) is 0 Å². The molecule has 1 aromatic carbocycles. The van der Waals surface area contributed by atoms with E-state index >= 15 is 0 Å². The van der Waals surface area contributed by atoms with Crippen molar-refractivity contribution in [3.63, 3.8) is 0 Å². The van der Waals surface area contributed by atoms with Crippen LogP contribution < -0.4 is 4.74 Å². The molecule has 2 nitrogen and oxygen atoms in total. The number of quaternary nitrogens is 1. The van der Waals surface area contributed by atoms with Gasteiger partial charge in [0.25, 0.3) is 0 Å². The molecule has 0 saturated heterocycles. The molecule has 2 atom stereocenters. The van der Waals surface area contributed by atoms with E-state index in [1.54, 1.807) is 18.2 Å². The maximum atomic E-state index is 5.46. The number of rotatable bonds is 4. The quantitative estimate of drug-likeness (QED) is 0.606. The van der Waals surface area contributed by atoms with Crippen LogP contribution in [0.3, 0.4) is 0 Å². The van der Waals surface area contributed by atoms with Crippen molar-refractivity contribution >= 4 is 38.0 Å². The summed E-state index contributed by atoms with van der Waals surface area (Å²) >= 11 is 0. The summed E-state index contributed by atoms with van der Waals surface area (Å²) in [5.41, 5.74) is 3.11. The summed E-state index contributed by atoms with van der Waals surface area (Å²) < 4.78 is 6.84. The normalized spacial score (nSPS) is 26.6. The van der Waals surface area contributed by atoms with Crippen molar-refractivity contribution < 1.29 is 9.22 Å². The van der Waals surface area contributed by atoms with Gasteiger partial charge in [0, 0.05) is 38.0 Å². The molecule has 0 N–H and O–H groups in total. The summed E-state index contributed by atoms with van der Waals surface area (Å²) in [7, 11) is 4.35. The van der Waals surface area contributed by atoms with Gasteiger partial charge in [0.2, 0.25) is 0 Å². The SMILES string of the molecule is COc1ccc2c(c1)[C@@H](C)[C@@H]([N+](C)(C1CC1)C1CC1)CC2.[BH4-].[NaH]. The molecule has 0 amide bonds. The predicted octanol–water partition coefficient (Wildman–Crippen LogP) is 1.78. The Labute approximate surface area is 165 Å². The molecule has 1 aromatic rings. The second-order valence-corrected chi connectivity index (χ2v) is 7.64. The number of benzene rings is 1. The summed E-state index contributed by atoms with van der Waals surface area (Å²) in [6, 6.07) is 9.44. The first-order valence-corrected chi connectivity index (χ1v) is 8.67. The Morgan fingerprint density at radius 3 is 2.17 bits per heavy atom. The van der Waals surface area contributed by atoms with Crippen molar-refractivity contribution in [3.8, 4) is 5.75 Å². The molecule has 0 heterocycles. The molecular formula is C19H33BNNaO. The summed E-state index contributed by atoms with van der Waals surface area (Å²) in [5.74, 6) is 1.68. The van der Waals surface area contributed by atoms with E-state index in [2.05, 4.69) is 32.2 Å². The van der Waals surface area contributed by atoms with Crippen LogP contribution in [0.5, 0.6) is 5.75 Å². The van der Waals surface area contributed by atoms with Crippen LogP contribution in [0, 0.1) is 0 Å². The molecule has 23 heavy (non-hydrogen) atoms. The number of nitrogens with zero attached hydrogens (tertiary/aromatic N) is 1. The molecule has 0 aromatic heterocycles. The first-order valence-electron chi connectivity index (χ1n) is 8.67. The third-order valence-corrected chi connectivity index (χ3v) is 6.51. The Hall–Kier alpha value is 0.0449. The molecule has 0 spiro atoms. The molecule has 0 radical (unpaired) electrons. The molecule has 3 aliphatic rings. The van der Waals surface area contributed by atoms with Gasteiger partial charge in [-0.25, -0.2) is 0 Å². The fraction of sp³-hybridized carbons (Fsp3) is 0.684. The van der Waals surface area contributed by atoms with Crippen molar-refractivity contribution in [2.24, 2.45) is 0 Å². The van der Waals surface area contributed by atoms with Crippen molar-refractivity contribution in [1.29, 1.82) is 0 Å². The van der Waals surface area contributed by atoms with Gasteiger partial charge < -0.3 is 9.22 Å². The van der Waals surface area contributed by atoms with E-state index in [1.165, 1.54) is 43.0 Å². The molecule has 4 heteroatoms. The van der Waals surface area contributed by atoms with E-state index in [-0.39, 0.29) is 38.0 Å². The third-order valence-electron chi connectivity index (χ3n) is 6.51. The topological polar surface area (TPSA) is 9.23 Å². The van der Waals surface area contributed by atoms with Gasteiger partial charge in [-0.05, 0) is 29.7 Å². The molecule has 0 aliphatic heterocycles. The number of hydrogen-bond donors (Lipinski definition) is 0. The summed E-state index contributed by atoms with van der Waals surface area (Å²) in [6.45, 7) is 2.46. The van der Waals surface area contributed by atoms with Crippen molar-refractivity contribution in [2.45, 2.75) is 69.5 Å². The molecule has 2 saturated carbocycles. The van der Waals surface area contributed by atoms with Crippen molar-refractivity contribution in [3.05, 3.63) is 29.3 Å². The second-order valence-electron chi connectivity index (χ2n) is 7.64. The fourth-order valence-corrected chi connectivity index (χ4v) is 4.97. The third kappa shape index (κ3) is 3.27. The zero-order chi connectivity index (χ0) is 14.6. The Morgan fingerprint density at radius 2 is 1.65 bits per heavy atom. The summed E-state index contributed by atoms with van der Waals surface area (Å²) in [6.07, 6.45) is 8.45. The monoisotopic (exact) mass is 325 g/mol. The van der Waals surface area contributed by atoms with Crippen LogP contribution in [0.25, 0.3) is 0 Å². The van der Waals surface area contributed by atoms with Crippen LogP contribution in [0.15, 0.2) is 18.2 Å². The van der Waals surface area contributed by atoms with Crippen LogP contribution >= 0.6 is 0 Å². The molecule has 2 fully saturated rings. The van der Waals surface area contributed by atoms with Crippen molar-refractivity contribution in [1.82, 2.24) is 0 Å². The van der Waals surface area contributed by atoms with Crippen molar-refractivity contribution in [2.75, 3.05) is 14.2 Å². The predicted molar refractivity (Wildman–Crippen MR) is 104 cm³/mol. The van der Waals surface area contributed by atoms with E-state index in [4.69, 9.17) is 4.74 Å². The Bertz CT molecular complexity index is 544. The fourth-order valence-electron chi connectivity index (χ4n) is 4.97. The summed E-state index contributed by atoms with van der Waals surface area (Å²) in [4.78, 5) is 0. The first kappa shape index (κ1) is 19.4. The second kappa shape index (κ2) is 7.11. The van der Waals surface area contributed by atoms with Crippen LogP contribution in [0.2, 0.25) is 0 Å². The summed E-state index contributed by atoms with van der Waals surface area (Å²) in [5, 5.41) is 0. The van der Waals surface area contributed by atoms with Crippen LogP contribution in [0.4, 0.5) is 0 Å². The number of hydrogen-bond acceptors (Lipinski definition) is 1. The van der Waals surface area contributed by atoms with Crippen LogP contribution in [-0.2, 0) is 6.42 Å². The number of likely N-dealkylation sites (N-methyl/N-ethyl adjacent to an activating group) is 1. The van der Waals surface area contributed by atoms with E-state index < -0.39 is 0 Å². The van der Waals surface area contributed by atoms with E-state index in [9.17, 15) is 0 Å². The van der Waals surface area contributed by atoms with E-state index in [0.29, 0.717) is 5.92 Å². The molecule has 4 rings (SSSR count). The van der Waals surface area contributed by atoms with Gasteiger partial charge in [0.15, 0.2) is 0 Å². The standard InChI is InChI=1S/C19H28NO.BH4.Na.H/c1-13-18-12-17(21-3)10-4-14(18)5-11-19(13)20(2,15-6-7-15)16-8-9-16;;;/h4,10,12-13,15-16,19H,5-9,11H2,1-3H3;1H4;;/q+1;-1;;/t13-,19+;;;/m1.../s1. The van der Waals surface area contributed by atoms with Gasteiger partial charge in [-0.1, -0.05) is 21.4 Å². The van der Waals surface area contributed by atoms with E-state index in [0.717, 1.165) is 23.9 Å². The molecule has 0 bridgehead atoms. The number of methoxy groups -OCH3 is 1. The maximum absolute atomic E-state index is 5.46. The Morgan fingerprint density at radius 1 is 1.04 bits per heavy atom. The van der Waals surface area contributed by atoms with Gasteiger partial charge in [0.1, 0.15) is 5.75 Å². The molecule has 124 valence electrons. The number of fused-ring (bicyclic) bond motifs is 1. The molecular weight excluding hydrogens is 292 g/mol. The van der Waals surface area contributed by atoms with Gasteiger partial charge in [-0.15, -0.1) is 0 Å². The Kier molecular flexibility index (Phi) is 5.99. The van der Waals surface area contributed by atoms with Crippen LogP contribution in [0.1, 0.15) is 56.1 Å². The first-order chi connectivity index (χ1) is 10.1. The van der Waals surface area contributed by atoms with E-state index in [1.807, 2.05) is 0 Å². The van der Waals surface area contributed by atoms with Gasteiger partial charge in [0.05, 0.1) is 32.3 Å². The Balaban J connectivity index is 0.000000960. The van der Waals surface area contributed by atoms with Gasteiger partial charge >= 0.3 is 29.6 Å². The minimum atomic E-state index is 0. The molecule has 0 unspecified atom stereocenters. The minimum absolute atomic E-state index is 0. The average molecular weight is 325 g/mol. The molecule has 3 aliphatic carbocycles. The average Bonchev–Trinajstić information content (AvgIpc) is 3.39. The zero-order valence-corrected chi connectivity index (χ0v) is 13.6.